The van der Waals surface area contributed by atoms with Crippen molar-refractivity contribution in [2.24, 2.45) is 0 Å². The number of rotatable bonds is 4. The van der Waals surface area contributed by atoms with E-state index in [1.807, 2.05) is 30.3 Å². The lowest BCUT2D eigenvalue weighted by Gasteiger charge is -2.16. The molecule has 2 aromatic heterocycles. The van der Waals surface area contributed by atoms with Crippen LogP contribution in [0.15, 0.2) is 41.3 Å². The first-order chi connectivity index (χ1) is 11.5. The van der Waals surface area contributed by atoms with E-state index >= 15 is 0 Å². The molecule has 2 heterocycles. The number of hydrogen-bond acceptors (Lipinski definition) is 7. The molecule has 9 heteroatoms. The summed E-state index contributed by atoms with van der Waals surface area (Å²) < 4.78 is 0. The van der Waals surface area contributed by atoms with E-state index in [0.29, 0.717) is 16.0 Å². The quantitative estimate of drug-likeness (QED) is 0.650. The van der Waals surface area contributed by atoms with Crippen LogP contribution in [0.1, 0.15) is 32.8 Å². The third-order valence-corrected chi connectivity index (χ3v) is 4.10. The maximum Gasteiger partial charge on any atom is 0.263 e. The van der Waals surface area contributed by atoms with Gasteiger partial charge in [0.15, 0.2) is 0 Å². The summed E-state index contributed by atoms with van der Waals surface area (Å²) in [6, 6.07) is 8.69. The average Bonchev–Trinajstić information content (AvgIpc) is 2.99. The fourth-order valence-electron chi connectivity index (χ4n) is 2.15. The molecule has 0 aliphatic rings. The first-order valence-electron chi connectivity index (χ1n) is 7.05. The van der Waals surface area contributed by atoms with E-state index in [9.17, 15) is 9.59 Å². The van der Waals surface area contributed by atoms with Crippen LogP contribution in [0.25, 0.3) is 0 Å². The van der Waals surface area contributed by atoms with Crippen molar-refractivity contribution in [3.05, 3.63) is 68.8 Å². The number of anilines is 1. The third kappa shape index (κ3) is 3.30. The molecule has 1 amide bonds. The Hall–Kier alpha value is -3.07. The summed E-state index contributed by atoms with van der Waals surface area (Å²) >= 11 is 1.17. The van der Waals surface area contributed by atoms with E-state index in [1.54, 1.807) is 6.92 Å². The summed E-state index contributed by atoms with van der Waals surface area (Å²) in [7, 11) is 0. The van der Waals surface area contributed by atoms with Gasteiger partial charge >= 0.3 is 0 Å². The fraction of sp³-hybridized carbons (Fsp3) is 0.133. The second-order valence-electron chi connectivity index (χ2n) is 5.01. The number of aromatic nitrogens is 4. The Morgan fingerprint density at radius 1 is 1.29 bits per heavy atom. The molecule has 0 fully saturated rings. The van der Waals surface area contributed by atoms with Gasteiger partial charge in [0.1, 0.15) is 22.4 Å². The van der Waals surface area contributed by atoms with E-state index in [4.69, 9.17) is 5.73 Å². The summed E-state index contributed by atoms with van der Waals surface area (Å²) in [5.74, 6) is -0.112. The van der Waals surface area contributed by atoms with Gasteiger partial charge in [0.25, 0.3) is 11.5 Å². The molecule has 1 aromatic carbocycles. The van der Waals surface area contributed by atoms with Gasteiger partial charge in [-0.1, -0.05) is 41.7 Å². The minimum Gasteiger partial charge on any atom is -0.374 e. The number of carbonyl (C=O) groups is 1. The van der Waals surface area contributed by atoms with Crippen LogP contribution < -0.4 is 16.6 Å². The molecule has 1 atom stereocenters. The molecule has 8 nitrogen and oxygen atoms in total. The zero-order valence-corrected chi connectivity index (χ0v) is 13.5. The zero-order chi connectivity index (χ0) is 17.1. The molecule has 0 saturated carbocycles. The highest BCUT2D eigenvalue weighted by molar-refractivity contribution is 7.15. The fourth-order valence-corrected chi connectivity index (χ4v) is 2.84. The molecule has 24 heavy (non-hydrogen) atoms. The predicted octanol–water partition coefficient (Wildman–Crippen LogP) is 1.03. The monoisotopic (exact) mass is 342 g/mol. The van der Waals surface area contributed by atoms with E-state index in [-0.39, 0.29) is 5.56 Å². The number of H-pyrrole nitrogens is 1. The van der Waals surface area contributed by atoms with Gasteiger partial charge in [-0.25, -0.2) is 4.98 Å². The summed E-state index contributed by atoms with van der Waals surface area (Å²) in [6.07, 6.45) is 1.25. The zero-order valence-electron chi connectivity index (χ0n) is 12.7. The van der Waals surface area contributed by atoms with E-state index < -0.39 is 17.5 Å². The Morgan fingerprint density at radius 3 is 2.67 bits per heavy atom. The van der Waals surface area contributed by atoms with Crippen LogP contribution >= 0.6 is 11.3 Å². The smallest absolute Gasteiger partial charge is 0.263 e. The number of carbonyl (C=O) groups excluding carboxylic acids is 1. The maximum atomic E-state index is 12.5. The van der Waals surface area contributed by atoms with Crippen molar-refractivity contribution in [1.82, 2.24) is 25.5 Å². The molecule has 122 valence electrons. The summed E-state index contributed by atoms with van der Waals surface area (Å²) in [5.41, 5.74) is 5.88. The molecule has 4 N–H and O–H groups in total. The van der Waals surface area contributed by atoms with E-state index in [0.717, 1.165) is 5.56 Å². The van der Waals surface area contributed by atoms with Crippen LogP contribution in [-0.2, 0) is 0 Å². The van der Waals surface area contributed by atoms with Crippen LogP contribution in [0, 0.1) is 6.92 Å². The van der Waals surface area contributed by atoms with Gasteiger partial charge in [0.2, 0.25) is 5.13 Å². The minimum atomic E-state index is -0.561. The molecule has 0 saturated heterocycles. The highest BCUT2D eigenvalue weighted by Gasteiger charge is 2.23. The molecular weight excluding hydrogens is 328 g/mol. The Balaban J connectivity index is 1.95. The minimum absolute atomic E-state index is 0.0704. The molecule has 0 radical (unpaired) electrons. The molecule has 0 unspecified atom stereocenters. The van der Waals surface area contributed by atoms with E-state index in [1.165, 1.54) is 17.5 Å². The topological polar surface area (TPSA) is 127 Å². The van der Waals surface area contributed by atoms with Crippen molar-refractivity contribution in [3.8, 4) is 0 Å². The standard InChI is InChI=1S/C15H14N6O2S/c1-8-17-7-10(12(22)18-8)13(23)19-11(9-5-3-2-4-6-9)14-20-21-15(16)24-14/h2-7,11H,1H3,(H2,16,21)(H,19,23)(H,17,18,22)/t11-/m0/s1. The molecular formula is C15H14N6O2S. The van der Waals surface area contributed by atoms with Gasteiger partial charge in [-0.15, -0.1) is 10.2 Å². The lowest BCUT2D eigenvalue weighted by atomic mass is 10.1. The van der Waals surface area contributed by atoms with Gasteiger partial charge in [0.05, 0.1) is 0 Å². The Bertz CT molecular complexity index is 921. The molecule has 0 spiro atoms. The summed E-state index contributed by atoms with van der Waals surface area (Å²) in [5, 5.41) is 11.4. The largest absolute Gasteiger partial charge is 0.374 e. The predicted molar refractivity (Wildman–Crippen MR) is 89.7 cm³/mol. The number of aromatic amines is 1. The second-order valence-corrected chi connectivity index (χ2v) is 6.05. The van der Waals surface area contributed by atoms with Crippen LogP contribution in [0.5, 0.6) is 0 Å². The van der Waals surface area contributed by atoms with Crippen molar-refractivity contribution in [2.75, 3.05) is 5.73 Å². The molecule has 3 rings (SSSR count). The van der Waals surface area contributed by atoms with Crippen LogP contribution in [-0.4, -0.2) is 26.1 Å². The third-order valence-electron chi connectivity index (χ3n) is 3.28. The number of nitrogen functional groups attached to an aromatic ring is 1. The van der Waals surface area contributed by atoms with Crippen molar-refractivity contribution in [1.29, 1.82) is 0 Å². The molecule has 0 aliphatic carbocycles. The normalized spacial score (nSPS) is 11.9. The SMILES string of the molecule is Cc1ncc(C(=O)N[C@@H](c2ccccc2)c2nnc(N)s2)c(=O)[nH]1. The first kappa shape index (κ1) is 15.8. The number of nitrogens with two attached hydrogens (primary N) is 1. The van der Waals surface area contributed by atoms with Gasteiger partial charge < -0.3 is 16.0 Å². The number of benzene rings is 1. The van der Waals surface area contributed by atoms with Crippen molar-refractivity contribution >= 4 is 22.4 Å². The molecule has 0 aliphatic heterocycles. The number of amides is 1. The first-order valence-corrected chi connectivity index (χ1v) is 7.87. The van der Waals surface area contributed by atoms with Gasteiger partial charge in [0, 0.05) is 6.20 Å². The second kappa shape index (κ2) is 6.59. The lowest BCUT2D eigenvalue weighted by Crippen LogP contribution is -2.33. The average molecular weight is 342 g/mol. The highest BCUT2D eigenvalue weighted by atomic mass is 32.1. The maximum absolute atomic E-state index is 12.5. The van der Waals surface area contributed by atoms with Gasteiger partial charge in [-0.3, -0.25) is 9.59 Å². The number of hydrogen-bond donors (Lipinski definition) is 3. The Labute approximate surface area is 140 Å². The Morgan fingerprint density at radius 2 is 2.04 bits per heavy atom. The summed E-state index contributed by atoms with van der Waals surface area (Å²) in [4.78, 5) is 30.9. The van der Waals surface area contributed by atoms with Crippen LogP contribution in [0.3, 0.4) is 0 Å². The highest BCUT2D eigenvalue weighted by Crippen LogP contribution is 2.26. The number of nitrogens with one attached hydrogen (secondary N) is 2. The van der Waals surface area contributed by atoms with E-state index in [2.05, 4.69) is 25.5 Å². The van der Waals surface area contributed by atoms with Crippen LogP contribution in [0.2, 0.25) is 0 Å². The number of nitrogens with zero attached hydrogens (tertiary/aromatic N) is 3. The summed E-state index contributed by atoms with van der Waals surface area (Å²) in [6.45, 7) is 1.64. The Kier molecular flexibility index (Phi) is 4.34. The molecule has 3 aromatic rings. The number of aryl methyl sites for hydroxylation is 1. The van der Waals surface area contributed by atoms with Gasteiger partial charge in [-0.05, 0) is 12.5 Å². The van der Waals surface area contributed by atoms with Gasteiger partial charge in [-0.2, -0.15) is 0 Å². The molecule has 0 bridgehead atoms. The van der Waals surface area contributed by atoms with Crippen molar-refractivity contribution < 1.29 is 4.79 Å². The van der Waals surface area contributed by atoms with Crippen molar-refractivity contribution in [2.45, 2.75) is 13.0 Å². The van der Waals surface area contributed by atoms with Crippen LogP contribution in [0.4, 0.5) is 5.13 Å². The van der Waals surface area contributed by atoms with Crippen molar-refractivity contribution in [3.63, 3.8) is 0 Å². The lowest BCUT2D eigenvalue weighted by molar-refractivity contribution is 0.0941.